The normalized spacial score (nSPS) is 29.7. The molecule has 1 heterocycles. The second-order valence-corrected chi connectivity index (χ2v) is 6.82. The van der Waals surface area contributed by atoms with Gasteiger partial charge in [0, 0.05) is 11.1 Å². The first kappa shape index (κ1) is 14.9. The molecule has 3 rings (SSSR count). The first-order valence-electron chi connectivity index (χ1n) is 7.95. The number of nitrogens with one attached hydrogen (secondary N) is 2. The van der Waals surface area contributed by atoms with Crippen LogP contribution >= 0.6 is 11.6 Å². The zero-order chi connectivity index (χ0) is 14.8. The summed E-state index contributed by atoms with van der Waals surface area (Å²) in [5.74, 6) is 0.826. The van der Waals surface area contributed by atoms with E-state index in [2.05, 4.69) is 10.6 Å². The molecule has 0 radical (unpaired) electrons. The van der Waals surface area contributed by atoms with Crippen molar-refractivity contribution in [3.05, 3.63) is 34.9 Å². The molecule has 0 aromatic heterocycles. The maximum absolute atomic E-state index is 12.4. The number of rotatable bonds is 3. The Hall–Kier alpha value is -1.06. The molecule has 2 fully saturated rings. The van der Waals surface area contributed by atoms with E-state index in [1.54, 1.807) is 0 Å². The van der Waals surface area contributed by atoms with Crippen LogP contribution in [-0.4, -0.2) is 18.0 Å². The summed E-state index contributed by atoms with van der Waals surface area (Å²) in [6.45, 7) is 2.02. The van der Waals surface area contributed by atoms with Gasteiger partial charge in [0.2, 0.25) is 5.91 Å². The lowest BCUT2D eigenvalue weighted by atomic mass is 9.85. The molecule has 114 valence electrons. The van der Waals surface area contributed by atoms with Gasteiger partial charge in [0.15, 0.2) is 0 Å². The highest BCUT2D eigenvalue weighted by Gasteiger charge is 2.38. The van der Waals surface area contributed by atoms with E-state index < -0.39 is 0 Å². The third-order valence-electron chi connectivity index (χ3n) is 4.91. The molecular weight excluding hydrogens is 284 g/mol. The Labute approximate surface area is 131 Å². The summed E-state index contributed by atoms with van der Waals surface area (Å²) in [5, 5.41) is 7.37. The molecule has 0 bridgehead atoms. The monoisotopic (exact) mass is 306 g/mol. The average Bonchev–Trinajstić information content (AvgIpc) is 2.92. The molecule has 4 atom stereocenters. The van der Waals surface area contributed by atoms with Gasteiger partial charge in [0.1, 0.15) is 0 Å². The van der Waals surface area contributed by atoms with Crippen molar-refractivity contribution >= 4 is 17.5 Å². The van der Waals surface area contributed by atoms with Gasteiger partial charge in [-0.2, -0.15) is 0 Å². The molecule has 1 saturated carbocycles. The van der Waals surface area contributed by atoms with E-state index in [-0.39, 0.29) is 18.0 Å². The van der Waals surface area contributed by atoms with Gasteiger partial charge in [0.25, 0.3) is 0 Å². The third kappa shape index (κ3) is 3.41. The second kappa shape index (κ2) is 6.37. The SMILES string of the molecule is C[C@H](NC(=O)C1CC2CCCCC2N1)c1ccc(Cl)cc1. The fourth-order valence-corrected chi connectivity index (χ4v) is 3.80. The van der Waals surface area contributed by atoms with E-state index in [9.17, 15) is 4.79 Å². The molecule has 3 nitrogen and oxygen atoms in total. The lowest BCUT2D eigenvalue weighted by Crippen LogP contribution is -2.43. The van der Waals surface area contributed by atoms with E-state index in [4.69, 9.17) is 11.6 Å². The smallest absolute Gasteiger partial charge is 0.237 e. The first-order chi connectivity index (χ1) is 10.1. The predicted molar refractivity (Wildman–Crippen MR) is 85.3 cm³/mol. The maximum Gasteiger partial charge on any atom is 0.237 e. The van der Waals surface area contributed by atoms with Crippen molar-refractivity contribution in [2.24, 2.45) is 5.92 Å². The van der Waals surface area contributed by atoms with Crippen LogP contribution < -0.4 is 10.6 Å². The molecule has 1 aromatic carbocycles. The number of amides is 1. The number of benzene rings is 1. The Bertz CT molecular complexity index is 488. The summed E-state index contributed by atoms with van der Waals surface area (Å²) in [6.07, 6.45) is 6.10. The largest absolute Gasteiger partial charge is 0.348 e. The van der Waals surface area contributed by atoms with Crippen molar-refractivity contribution in [3.8, 4) is 0 Å². The molecule has 0 spiro atoms. The number of fused-ring (bicyclic) bond motifs is 1. The minimum atomic E-state index is -0.0205. The number of hydrogen-bond donors (Lipinski definition) is 2. The summed E-state index contributed by atoms with van der Waals surface area (Å²) in [6, 6.07) is 8.21. The van der Waals surface area contributed by atoms with E-state index in [0.29, 0.717) is 12.0 Å². The number of carbonyl (C=O) groups excluding carboxylic acids is 1. The van der Waals surface area contributed by atoms with E-state index in [0.717, 1.165) is 17.0 Å². The van der Waals surface area contributed by atoms with Crippen LogP contribution in [0.15, 0.2) is 24.3 Å². The maximum atomic E-state index is 12.4. The molecular formula is C17H23ClN2O. The number of halogens is 1. The number of carbonyl (C=O) groups is 1. The fraction of sp³-hybridized carbons (Fsp3) is 0.588. The van der Waals surface area contributed by atoms with Crippen molar-refractivity contribution < 1.29 is 4.79 Å². The van der Waals surface area contributed by atoms with Crippen molar-refractivity contribution in [1.29, 1.82) is 0 Å². The van der Waals surface area contributed by atoms with Gasteiger partial charge in [-0.15, -0.1) is 0 Å². The highest BCUT2D eigenvalue weighted by atomic mass is 35.5. The van der Waals surface area contributed by atoms with E-state index in [1.807, 2.05) is 31.2 Å². The Kier molecular flexibility index (Phi) is 4.51. The van der Waals surface area contributed by atoms with Gasteiger partial charge in [0.05, 0.1) is 12.1 Å². The van der Waals surface area contributed by atoms with Gasteiger partial charge in [-0.25, -0.2) is 0 Å². The Morgan fingerprint density at radius 2 is 2.00 bits per heavy atom. The zero-order valence-electron chi connectivity index (χ0n) is 12.4. The van der Waals surface area contributed by atoms with Crippen LogP contribution in [0.25, 0.3) is 0 Å². The molecule has 21 heavy (non-hydrogen) atoms. The fourth-order valence-electron chi connectivity index (χ4n) is 3.67. The molecule has 1 amide bonds. The molecule has 1 aliphatic carbocycles. The Morgan fingerprint density at radius 3 is 2.71 bits per heavy atom. The average molecular weight is 307 g/mol. The van der Waals surface area contributed by atoms with Crippen molar-refractivity contribution in [1.82, 2.24) is 10.6 Å². The first-order valence-corrected chi connectivity index (χ1v) is 8.33. The van der Waals surface area contributed by atoms with Gasteiger partial charge >= 0.3 is 0 Å². The van der Waals surface area contributed by atoms with Gasteiger partial charge in [-0.1, -0.05) is 36.6 Å². The summed E-state index contributed by atoms with van der Waals surface area (Å²) < 4.78 is 0. The third-order valence-corrected chi connectivity index (χ3v) is 5.16. The Morgan fingerprint density at radius 1 is 1.29 bits per heavy atom. The topological polar surface area (TPSA) is 41.1 Å². The Balaban J connectivity index is 1.57. The lowest BCUT2D eigenvalue weighted by Gasteiger charge is -2.24. The second-order valence-electron chi connectivity index (χ2n) is 6.39. The number of hydrogen-bond acceptors (Lipinski definition) is 2. The predicted octanol–water partition coefficient (Wildman–Crippen LogP) is 3.44. The lowest BCUT2D eigenvalue weighted by molar-refractivity contribution is -0.123. The van der Waals surface area contributed by atoms with Gasteiger partial charge in [-0.05, 0) is 49.8 Å². The summed E-state index contributed by atoms with van der Waals surface area (Å²) in [5.41, 5.74) is 1.09. The molecule has 2 N–H and O–H groups in total. The summed E-state index contributed by atoms with van der Waals surface area (Å²) in [4.78, 5) is 12.4. The highest BCUT2D eigenvalue weighted by molar-refractivity contribution is 6.30. The molecule has 3 unspecified atom stereocenters. The van der Waals surface area contributed by atoms with E-state index >= 15 is 0 Å². The van der Waals surface area contributed by atoms with Gasteiger partial charge in [-0.3, -0.25) is 4.79 Å². The summed E-state index contributed by atoms with van der Waals surface area (Å²) >= 11 is 5.90. The minimum absolute atomic E-state index is 0.0131. The molecule has 1 aromatic rings. The van der Waals surface area contributed by atoms with Crippen LogP contribution in [0, 0.1) is 5.92 Å². The van der Waals surface area contributed by atoms with Crippen LogP contribution in [0.3, 0.4) is 0 Å². The van der Waals surface area contributed by atoms with Crippen molar-refractivity contribution in [3.63, 3.8) is 0 Å². The molecule has 1 saturated heterocycles. The van der Waals surface area contributed by atoms with Crippen LogP contribution in [0.2, 0.25) is 5.02 Å². The zero-order valence-corrected chi connectivity index (χ0v) is 13.2. The van der Waals surface area contributed by atoms with Crippen molar-refractivity contribution in [2.75, 3.05) is 0 Å². The quantitative estimate of drug-likeness (QED) is 0.898. The molecule has 4 heteroatoms. The molecule has 1 aliphatic heterocycles. The summed E-state index contributed by atoms with van der Waals surface area (Å²) in [7, 11) is 0. The minimum Gasteiger partial charge on any atom is -0.348 e. The molecule has 2 aliphatic rings. The van der Waals surface area contributed by atoms with Gasteiger partial charge < -0.3 is 10.6 Å². The van der Waals surface area contributed by atoms with Crippen LogP contribution in [0.1, 0.15) is 50.6 Å². The van der Waals surface area contributed by atoms with Crippen LogP contribution in [0.4, 0.5) is 0 Å². The van der Waals surface area contributed by atoms with Crippen LogP contribution in [-0.2, 0) is 4.79 Å². The highest BCUT2D eigenvalue weighted by Crippen LogP contribution is 2.33. The standard InChI is InChI=1S/C17H23ClN2O/c1-11(12-6-8-14(18)9-7-12)19-17(21)16-10-13-4-2-3-5-15(13)20-16/h6-9,11,13,15-16,20H,2-5,10H2,1H3,(H,19,21)/t11-,13?,15?,16?/m0/s1. The van der Waals surface area contributed by atoms with Crippen molar-refractivity contribution in [2.45, 2.75) is 57.2 Å². The van der Waals surface area contributed by atoms with Crippen LogP contribution in [0.5, 0.6) is 0 Å². The van der Waals surface area contributed by atoms with E-state index in [1.165, 1.54) is 25.7 Å².